The minimum Gasteiger partial charge on any atom is -0.468 e. The number of nitrogens with one attached hydrogen (secondary N) is 1. The SMILES string of the molecule is CCNC(CN(C)C1CCCCC1)C(=O)OC. The van der Waals surface area contributed by atoms with Gasteiger partial charge in [-0.1, -0.05) is 26.2 Å². The molecule has 1 aliphatic rings. The Morgan fingerprint density at radius 3 is 2.59 bits per heavy atom. The van der Waals surface area contributed by atoms with E-state index in [0.29, 0.717) is 6.04 Å². The van der Waals surface area contributed by atoms with Gasteiger partial charge in [0.15, 0.2) is 0 Å². The summed E-state index contributed by atoms with van der Waals surface area (Å²) >= 11 is 0. The lowest BCUT2D eigenvalue weighted by Gasteiger charge is -2.33. The van der Waals surface area contributed by atoms with E-state index >= 15 is 0 Å². The van der Waals surface area contributed by atoms with E-state index in [0.717, 1.165) is 13.1 Å². The summed E-state index contributed by atoms with van der Waals surface area (Å²) in [6.07, 6.45) is 6.52. The van der Waals surface area contributed by atoms with Crippen LogP contribution in [0.1, 0.15) is 39.0 Å². The molecule has 0 heterocycles. The molecule has 0 spiro atoms. The maximum Gasteiger partial charge on any atom is 0.324 e. The van der Waals surface area contributed by atoms with Crippen molar-refractivity contribution < 1.29 is 9.53 Å². The average molecular weight is 242 g/mol. The fourth-order valence-electron chi connectivity index (χ4n) is 2.57. The summed E-state index contributed by atoms with van der Waals surface area (Å²) in [6, 6.07) is 0.437. The maximum absolute atomic E-state index is 11.6. The zero-order chi connectivity index (χ0) is 12.7. The van der Waals surface area contributed by atoms with Crippen LogP contribution in [-0.2, 0) is 9.53 Å². The lowest BCUT2D eigenvalue weighted by molar-refractivity contribution is -0.143. The third kappa shape index (κ3) is 4.64. The molecule has 0 bridgehead atoms. The first-order valence-electron chi connectivity index (χ1n) is 6.70. The van der Waals surface area contributed by atoms with Gasteiger partial charge in [0.2, 0.25) is 0 Å². The molecule has 1 atom stereocenters. The molecule has 0 aromatic carbocycles. The Bertz CT molecular complexity index is 227. The number of methoxy groups -OCH3 is 1. The number of likely N-dealkylation sites (N-methyl/N-ethyl adjacent to an activating group) is 2. The van der Waals surface area contributed by atoms with E-state index in [-0.39, 0.29) is 12.0 Å². The molecule has 4 nitrogen and oxygen atoms in total. The highest BCUT2D eigenvalue weighted by molar-refractivity contribution is 5.75. The van der Waals surface area contributed by atoms with Gasteiger partial charge in [-0.3, -0.25) is 4.79 Å². The van der Waals surface area contributed by atoms with Gasteiger partial charge in [0.1, 0.15) is 6.04 Å². The van der Waals surface area contributed by atoms with E-state index in [1.807, 2.05) is 6.92 Å². The molecule has 1 aliphatic carbocycles. The number of hydrogen-bond acceptors (Lipinski definition) is 4. The van der Waals surface area contributed by atoms with Crippen molar-refractivity contribution in [2.24, 2.45) is 0 Å². The molecule has 4 heteroatoms. The van der Waals surface area contributed by atoms with Crippen LogP contribution in [0, 0.1) is 0 Å². The van der Waals surface area contributed by atoms with Gasteiger partial charge in [-0.15, -0.1) is 0 Å². The van der Waals surface area contributed by atoms with E-state index in [4.69, 9.17) is 4.74 Å². The molecule has 1 unspecified atom stereocenters. The third-order valence-corrected chi connectivity index (χ3v) is 3.60. The largest absolute Gasteiger partial charge is 0.468 e. The van der Waals surface area contributed by atoms with Crippen molar-refractivity contribution in [3.05, 3.63) is 0 Å². The number of rotatable bonds is 6. The van der Waals surface area contributed by atoms with Crippen LogP contribution in [0.4, 0.5) is 0 Å². The van der Waals surface area contributed by atoms with Gasteiger partial charge in [-0.2, -0.15) is 0 Å². The van der Waals surface area contributed by atoms with Crippen molar-refractivity contribution in [1.29, 1.82) is 0 Å². The highest BCUT2D eigenvalue weighted by Crippen LogP contribution is 2.21. The Morgan fingerprint density at radius 2 is 2.06 bits per heavy atom. The van der Waals surface area contributed by atoms with Gasteiger partial charge in [0.05, 0.1) is 7.11 Å². The standard InChI is InChI=1S/C13H26N2O2/c1-4-14-12(13(16)17-3)10-15(2)11-8-6-5-7-9-11/h11-12,14H,4-10H2,1-3H3. The topological polar surface area (TPSA) is 41.6 Å². The molecule has 0 radical (unpaired) electrons. The minimum atomic E-state index is -0.197. The molecule has 1 saturated carbocycles. The monoisotopic (exact) mass is 242 g/mol. The van der Waals surface area contributed by atoms with Crippen LogP contribution in [0.5, 0.6) is 0 Å². The molecule has 0 saturated heterocycles. The van der Waals surface area contributed by atoms with Gasteiger partial charge in [-0.25, -0.2) is 0 Å². The summed E-state index contributed by atoms with van der Waals surface area (Å²) in [6.45, 7) is 3.54. The molecular weight excluding hydrogens is 216 g/mol. The third-order valence-electron chi connectivity index (χ3n) is 3.60. The lowest BCUT2D eigenvalue weighted by Crippen LogP contribution is -2.48. The fourth-order valence-corrected chi connectivity index (χ4v) is 2.57. The normalized spacial score (nSPS) is 19.3. The number of carbonyl (C=O) groups is 1. The molecule has 1 N–H and O–H groups in total. The van der Waals surface area contributed by atoms with Crippen molar-refractivity contribution in [3.8, 4) is 0 Å². The molecule has 1 rings (SSSR count). The van der Waals surface area contributed by atoms with Crippen LogP contribution in [0.3, 0.4) is 0 Å². The van der Waals surface area contributed by atoms with Crippen LogP contribution in [0.15, 0.2) is 0 Å². The summed E-state index contributed by atoms with van der Waals surface area (Å²) in [5, 5.41) is 3.19. The molecule has 0 aromatic heterocycles. The van der Waals surface area contributed by atoms with E-state index in [2.05, 4.69) is 17.3 Å². The Balaban J connectivity index is 2.44. The summed E-state index contributed by atoms with van der Waals surface area (Å²) in [5.41, 5.74) is 0. The van der Waals surface area contributed by atoms with Crippen LogP contribution in [0.25, 0.3) is 0 Å². The van der Waals surface area contributed by atoms with Gasteiger partial charge < -0.3 is 15.0 Å². The number of hydrogen-bond donors (Lipinski definition) is 1. The van der Waals surface area contributed by atoms with Gasteiger partial charge in [0.25, 0.3) is 0 Å². The summed E-state index contributed by atoms with van der Waals surface area (Å²) in [7, 11) is 3.57. The second kappa shape index (κ2) is 7.67. The highest BCUT2D eigenvalue weighted by atomic mass is 16.5. The molecule has 0 aromatic rings. The second-order valence-corrected chi connectivity index (χ2v) is 4.86. The highest BCUT2D eigenvalue weighted by Gasteiger charge is 2.24. The van der Waals surface area contributed by atoms with Crippen LogP contribution in [-0.4, -0.2) is 50.2 Å². The maximum atomic E-state index is 11.6. The molecule has 0 aliphatic heterocycles. The van der Waals surface area contributed by atoms with E-state index in [1.165, 1.54) is 39.2 Å². The molecule has 17 heavy (non-hydrogen) atoms. The predicted octanol–water partition coefficient (Wildman–Crippen LogP) is 1.40. The first kappa shape index (κ1) is 14.5. The Labute approximate surface area is 105 Å². The number of esters is 1. The summed E-state index contributed by atoms with van der Waals surface area (Å²) < 4.78 is 4.83. The lowest BCUT2D eigenvalue weighted by atomic mass is 9.94. The first-order valence-corrected chi connectivity index (χ1v) is 6.70. The first-order chi connectivity index (χ1) is 8.19. The average Bonchev–Trinajstić information content (AvgIpc) is 2.38. The van der Waals surface area contributed by atoms with Crippen molar-refractivity contribution in [1.82, 2.24) is 10.2 Å². The van der Waals surface area contributed by atoms with E-state index < -0.39 is 0 Å². The molecule has 0 amide bonds. The Hall–Kier alpha value is -0.610. The number of carbonyl (C=O) groups excluding carboxylic acids is 1. The van der Waals surface area contributed by atoms with Gasteiger partial charge >= 0.3 is 5.97 Å². The Kier molecular flexibility index (Phi) is 6.52. The Morgan fingerprint density at radius 1 is 1.41 bits per heavy atom. The molecule has 100 valence electrons. The zero-order valence-corrected chi connectivity index (χ0v) is 11.4. The van der Waals surface area contributed by atoms with Crippen LogP contribution in [0.2, 0.25) is 0 Å². The van der Waals surface area contributed by atoms with E-state index in [1.54, 1.807) is 0 Å². The molecular formula is C13H26N2O2. The van der Waals surface area contributed by atoms with Gasteiger partial charge in [0, 0.05) is 12.6 Å². The van der Waals surface area contributed by atoms with Crippen molar-refractivity contribution in [2.45, 2.75) is 51.1 Å². The fraction of sp³-hybridized carbons (Fsp3) is 0.923. The second-order valence-electron chi connectivity index (χ2n) is 4.86. The van der Waals surface area contributed by atoms with Crippen LogP contribution < -0.4 is 5.32 Å². The zero-order valence-electron chi connectivity index (χ0n) is 11.4. The van der Waals surface area contributed by atoms with Crippen molar-refractivity contribution in [2.75, 3.05) is 27.2 Å². The number of nitrogens with zero attached hydrogens (tertiary/aromatic N) is 1. The summed E-state index contributed by atoms with van der Waals surface area (Å²) in [5.74, 6) is -0.158. The quantitative estimate of drug-likeness (QED) is 0.715. The van der Waals surface area contributed by atoms with Crippen molar-refractivity contribution in [3.63, 3.8) is 0 Å². The predicted molar refractivity (Wildman–Crippen MR) is 69.0 cm³/mol. The molecule has 1 fully saturated rings. The number of ether oxygens (including phenoxy) is 1. The summed E-state index contributed by atoms with van der Waals surface area (Å²) in [4.78, 5) is 13.9. The van der Waals surface area contributed by atoms with E-state index in [9.17, 15) is 4.79 Å². The minimum absolute atomic E-state index is 0.158. The smallest absolute Gasteiger partial charge is 0.324 e. The van der Waals surface area contributed by atoms with Gasteiger partial charge in [-0.05, 0) is 26.4 Å². The van der Waals surface area contributed by atoms with Crippen LogP contribution >= 0.6 is 0 Å². The van der Waals surface area contributed by atoms with Crippen molar-refractivity contribution >= 4 is 5.97 Å².